The van der Waals surface area contributed by atoms with E-state index in [-0.39, 0.29) is 0 Å². The summed E-state index contributed by atoms with van der Waals surface area (Å²) in [4.78, 5) is 0. The first-order valence-electron chi connectivity index (χ1n) is 4.23. The SMILES string of the molecule is CCCCc1cnn(C)c1C. The predicted octanol–water partition coefficient (Wildman–Crippen LogP) is 2.07. The van der Waals surface area contributed by atoms with Crippen LogP contribution in [0.25, 0.3) is 0 Å². The number of hydrogen-bond donors (Lipinski definition) is 0. The largest absolute Gasteiger partial charge is 0.273 e. The van der Waals surface area contributed by atoms with Crippen molar-refractivity contribution < 1.29 is 0 Å². The van der Waals surface area contributed by atoms with Gasteiger partial charge in [-0.15, -0.1) is 0 Å². The van der Waals surface area contributed by atoms with Crippen LogP contribution in [0.3, 0.4) is 0 Å². The number of rotatable bonds is 3. The Morgan fingerprint density at radius 1 is 1.55 bits per heavy atom. The highest BCUT2D eigenvalue weighted by atomic mass is 15.3. The summed E-state index contributed by atoms with van der Waals surface area (Å²) in [5.74, 6) is 0. The average molecular weight is 152 g/mol. The van der Waals surface area contributed by atoms with Crippen molar-refractivity contribution in [3.05, 3.63) is 17.5 Å². The summed E-state index contributed by atoms with van der Waals surface area (Å²) in [5, 5.41) is 4.19. The van der Waals surface area contributed by atoms with Crippen LogP contribution in [0.5, 0.6) is 0 Å². The Balaban J connectivity index is 2.63. The standard InChI is InChI=1S/C9H16N2/c1-4-5-6-9-7-10-11(3)8(9)2/h7H,4-6H2,1-3H3. The Kier molecular flexibility index (Phi) is 2.69. The summed E-state index contributed by atoms with van der Waals surface area (Å²) in [6, 6.07) is 0. The molecule has 0 bridgehead atoms. The zero-order chi connectivity index (χ0) is 8.27. The summed E-state index contributed by atoms with van der Waals surface area (Å²) < 4.78 is 1.94. The van der Waals surface area contributed by atoms with Gasteiger partial charge in [-0.2, -0.15) is 5.10 Å². The monoisotopic (exact) mass is 152 g/mol. The van der Waals surface area contributed by atoms with Crippen molar-refractivity contribution >= 4 is 0 Å². The highest BCUT2D eigenvalue weighted by molar-refractivity contribution is 5.15. The Bertz CT molecular complexity index is 225. The highest BCUT2D eigenvalue weighted by Gasteiger charge is 2.01. The first kappa shape index (κ1) is 8.31. The molecular weight excluding hydrogens is 136 g/mol. The molecule has 0 aliphatic carbocycles. The van der Waals surface area contributed by atoms with E-state index in [9.17, 15) is 0 Å². The molecule has 0 amide bonds. The summed E-state index contributed by atoms with van der Waals surface area (Å²) in [6.07, 6.45) is 5.68. The van der Waals surface area contributed by atoms with E-state index < -0.39 is 0 Å². The number of unbranched alkanes of at least 4 members (excludes halogenated alkanes) is 1. The van der Waals surface area contributed by atoms with Gasteiger partial charge in [0.25, 0.3) is 0 Å². The molecule has 62 valence electrons. The molecule has 0 aromatic carbocycles. The number of aromatic nitrogens is 2. The lowest BCUT2D eigenvalue weighted by atomic mass is 10.1. The van der Waals surface area contributed by atoms with Crippen LogP contribution in [0.15, 0.2) is 6.20 Å². The van der Waals surface area contributed by atoms with Gasteiger partial charge in [-0.05, 0) is 25.3 Å². The quantitative estimate of drug-likeness (QED) is 0.648. The second-order valence-corrected chi connectivity index (χ2v) is 2.98. The van der Waals surface area contributed by atoms with E-state index in [2.05, 4.69) is 18.9 Å². The van der Waals surface area contributed by atoms with Gasteiger partial charge in [0.15, 0.2) is 0 Å². The third-order valence-electron chi connectivity index (χ3n) is 2.14. The van der Waals surface area contributed by atoms with Gasteiger partial charge in [-0.3, -0.25) is 4.68 Å². The van der Waals surface area contributed by atoms with E-state index in [1.165, 1.54) is 30.5 Å². The van der Waals surface area contributed by atoms with Gasteiger partial charge in [0.2, 0.25) is 0 Å². The van der Waals surface area contributed by atoms with Crippen LogP contribution >= 0.6 is 0 Å². The summed E-state index contributed by atoms with van der Waals surface area (Å²) in [7, 11) is 1.99. The van der Waals surface area contributed by atoms with Crippen molar-refractivity contribution in [3.63, 3.8) is 0 Å². The van der Waals surface area contributed by atoms with Crippen LogP contribution < -0.4 is 0 Å². The molecule has 1 heterocycles. The third kappa shape index (κ3) is 1.82. The van der Waals surface area contributed by atoms with Crippen LogP contribution in [-0.2, 0) is 13.5 Å². The van der Waals surface area contributed by atoms with E-state index in [1.54, 1.807) is 0 Å². The Hall–Kier alpha value is -0.790. The lowest BCUT2D eigenvalue weighted by Crippen LogP contribution is -1.94. The zero-order valence-corrected chi connectivity index (χ0v) is 7.59. The lowest BCUT2D eigenvalue weighted by molar-refractivity contribution is 0.733. The molecule has 0 unspecified atom stereocenters. The maximum Gasteiger partial charge on any atom is 0.0524 e. The molecule has 1 aromatic heterocycles. The van der Waals surface area contributed by atoms with Crippen LogP contribution in [0, 0.1) is 6.92 Å². The van der Waals surface area contributed by atoms with E-state index in [4.69, 9.17) is 0 Å². The van der Waals surface area contributed by atoms with Crippen molar-refractivity contribution in [2.45, 2.75) is 33.1 Å². The molecule has 0 N–H and O–H groups in total. The van der Waals surface area contributed by atoms with Crippen molar-refractivity contribution in [1.82, 2.24) is 9.78 Å². The fraction of sp³-hybridized carbons (Fsp3) is 0.667. The van der Waals surface area contributed by atoms with Crippen LogP contribution in [-0.4, -0.2) is 9.78 Å². The van der Waals surface area contributed by atoms with Crippen molar-refractivity contribution in [1.29, 1.82) is 0 Å². The molecule has 0 atom stereocenters. The normalized spacial score (nSPS) is 10.5. The first-order valence-corrected chi connectivity index (χ1v) is 4.23. The van der Waals surface area contributed by atoms with Gasteiger partial charge in [0, 0.05) is 12.7 Å². The van der Waals surface area contributed by atoms with Gasteiger partial charge in [0.05, 0.1) is 6.20 Å². The van der Waals surface area contributed by atoms with Gasteiger partial charge in [0.1, 0.15) is 0 Å². The molecule has 0 radical (unpaired) electrons. The van der Waals surface area contributed by atoms with E-state index in [0.29, 0.717) is 0 Å². The molecule has 0 aliphatic rings. The van der Waals surface area contributed by atoms with Gasteiger partial charge >= 0.3 is 0 Å². The van der Waals surface area contributed by atoms with Gasteiger partial charge in [-0.25, -0.2) is 0 Å². The molecule has 2 nitrogen and oxygen atoms in total. The minimum atomic E-state index is 1.18. The fourth-order valence-electron chi connectivity index (χ4n) is 1.16. The molecule has 2 heteroatoms. The molecule has 0 fully saturated rings. The number of aryl methyl sites for hydroxylation is 2. The molecule has 1 rings (SSSR count). The summed E-state index contributed by atoms with van der Waals surface area (Å²) in [5.41, 5.74) is 2.70. The van der Waals surface area contributed by atoms with Gasteiger partial charge in [-0.1, -0.05) is 13.3 Å². The topological polar surface area (TPSA) is 17.8 Å². The molecular formula is C9H16N2. The molecule has 1 aromatic rings. The molecule has 0 spiro atoms. The number of nitrogens with zero attached hydrogens (tertiary/aromatic N) is 2. The molecule has 0 saturated carbocycles. The van der Waals surface area contributed by atoms with Crippen molar-refractivity contribution in [2.75, 3.05) is 0 Å². The minimum absolute atomic E-state index is 1.18. The molecule has 11 heavy (non-hydrogen) atoms. The Morgan fingerprint density at radius 2 is 2.27 bits per heavy atom. The van der Waals surface area contributed by atoms with Crippen LogP contribution in [0.4, 0.5) is 0 Å². The Labute approximate surface area is 68.2 Å². The Morgan fingerprint density at radius 3 is 2.73 bits per heavy atom. The fourth-order valence-corrected chi connectivity index (χ4v) is 1.16. The van der Waals surface area contributed by atoms with Crippen LogP contribution in [0.1, 0.15) is 31.0 Å². The zero-order valence-electron chi connectivity index (χ0n) is 7.59. The maximum atomic E-state index is 4.19. The molecule has 0 saturated heterocycles. The average Bonchev–Trinajstić information content (AvgIpc) is 2.31. The maximum absolute atomic E-state index is 4.19. The molecule has 0 aliphatic heterocycles. The predicted molar refractivity (Wildman–Crippen MR) is 46.6 cm³/mol. The van der Waals surface area contributed by atoms with E-state index in [1.807, 2.05) is 17.9 Å². The van der Waals surface area contributed by atoms with Crippen molar-refractivity contribution in [2.24, 2.45) is 7.05 Å². The second kappa shape index (κ2) is 3.56. The highest BCUT2D eigenvalue weighted by Crippen LogP contribution is 2.08. The third-order valence-corrected chi connectivity index (χ3v) is 2.14. The van der Waals surface area contributed by atoms with Gasteiger partial charge < -0.3 is 0 Å². The smallest absolute Gasteiger partial charge is 0.0524 e. The first-order chi connectivity index (χ1) is 5.25. The van der Waals surface area contributed by atoms with Crippen molar-refractivity contribution in [3.8, 4) is 0 Å². The number of hydrogen-bond acceptors (Lipinski definition) is 1. The van der Waals surface area contributed by atoms with E-state index >= 15 is 0 Å². The van der Waals surface area contributed by atoms with Crippen LogP contribution in [0.2, 0.25) is 0 Å². The minimum Gasteiger partial charge on any atom is -0.273 e. The lowest BCUT2D eigenvalue weighted by Gasteiger charge is -1.97. The summed E-state index contributed by atoms with van der Waals surface area (Å²) >= 11 is 0. The van der Waals surface area contributed by atoms with E-state index in [0.717, 1.165) is 0 Å². The summed E-state index contributed by atoms with van der Waals surface area (Å²) in [6.45, 7) is 4.34. The second-order valence-electron chi connectivity index (χ2n) is 2.98.